The van der Waals surface area contributed by atoms with Gasteiger partial charge in [0.2, 0.25) is 5.91 Å². The molecule has 0 saturated carbocycles. The minimum Gasteiger partial charge on any atom is -0.376 e. The molecule has 4 nitrogen and oxygen atoms in total. The predicted octanol–water partition coefficient (Wildman–Crippen LogP) is 2.75. The maximum Gasteiger partial charge on any atom is 0.227 e. The van der Waals surface area contributed by atoms with Crippen molar-refractivity contribution in [3.63, 3.8) is 0 Å². The van der Waals surface area contributed by atoms with Gasteiger partial charge < -0.3 is 15.0 Å². The summed E-state index contributed by atoms with van der Waals surface area (Å²) in [6.45, 7) is 3.56. The Morgan fingerprint density at radius 2 is 2.21 bits per heavy atom. The molecule has 2 atom stereocenters. The Morgan fingerprint density at radius 3 is 2.88 bits per heavy atom. The summed E-state index contributed by atoms with van der Waals surface area (Å²) in [7, 11) is 0. The minimum atomic E-state index is -0.258. The fraction of sp³-hybridized carbons (Fsp3) is 0.611. The third kappa shape index (κ3) is 5.16. The lowest BCUT2D eigenvalue weighted by Crippen LogP contribution is -2.45. The molecule has 2 aliphatic rings. The molecule has 1 N–H and O–H groups in total. The van der Waals surface area contributed by atoms with E-state index in [9.17, 15) is 9.18 Å². The van der Waals surface area contributed by atoms with Gasteiger partial charge in [-0.1, -0.05) is 12.1 Å². The Labute approximate surface area is 149 Å². The third-order valence-electron chi connectivity index (χ3n) is 4.67. The van der Waals surface area contributed by atoms with E-state index in [4.69, 9.17) is 4.74 Å². The summed E-state index contributed by atoms with van der Waals surface area (Å²) in [5.74, 6) is -0.0676. The highest BCUT2D eigenvalue weighted by atomic mass is 35.5. The summed E-state index contributed by atoms with van der Waals surface area (Å²) in [5.41, 5.74) is 0.833. The summed E-state index contributed by atoms with van der Waals surface area (Å²) in [5, 5.41) is 3.30. The van der Waals surface area contributed by atoms with Crippen LogP contribution in [0.1, 0.15) is 31.2 Å². The van der Waals surface area contributed by atoms with E-state index in [-0.39, 0.29) is 36.2 Å². The molecule has 2 fully saturated rings. The molecule has 0 spiro atoms. The van der Waals surface area contributed by atoms with Gasteiger partial charge in [-0.15, -0.1) is 12.4 Å². The van der Waals surface area contributed by atoms with Gasteiger partial charge in [0.15, 0.2) is 0 Å². The number of carbonyl (C=O) groups excluding carboxylic acids is 1. The molecule has 6 heteroatoms. The number of amides is 1. The molecule has 2 heterocycles. The highest BCUT2D eigenvalue weighted by Crippen LogP contribution is 2.20. The van der Waals surface area contributed by atoms with Gasteiger partial charge in [0.05, 0.1) is 12.0 Å². The Morgan fingerprint density at radius 1 is 1.33 bits per heavy atom. The molecule has 0 bridgehead atoms. The first-order chi connectivity index (χ1) is 11.2. The van der Waals surface area contributed by atoms with Gasteiger partial charge in [0, 0.05) is 26.2 Å². The average molecular weight is 357 g/mol. The van der Waals surface area contributed by atoms with E-state index in [1.807, 2.05) is 11.0 Å². The summed E-state index contributed by atoms with van der Waals surface area (Å²) < 4.78 is 19.1. The molecule has 1 aromatic carbocycles. The van der Waals surface area contributed by atoms with Crippen molar-refractivity contribution in [2.24, 2.45) is 5.92 Å². The van der Waals surface area contributed by atoms with Crippen molar-refractivity contribution in [2.45, 2.75) is 38.3 Å². The standard InChI is InChI=1S/C18H25FN2O2.ClH/c19-16-6-1-4-14(10-16)12-21(13-17-7-3-9-23-17)18(22)15-5-2-8-20-11-15;/h1,4,6,10,15,17,20H,2-3,5,7-9,11-13H2;1H. The SMILES string of the molecule is Cl.O=C(C1CCCNC1)N(Cc1cccc(F)c1)CC1CCCO1. The highest BCUT2D eigenvalue weighted by Gasteiger charge is 2.29. The zero-order chi connectivity index (χ0) is 16.1. The molecule has 134 valence electrons. The van der Waals surface area contributed by atoms with Crippen LogP contribution in [-0.4, -0.2) is 43.2 Å². The van der Waals surface area contributed by atoms with Crippen LogP contribution in [0.5, 0.6) is 0 Å². The van der Waals surface area contributed by atoms with Gasteiger partial charge >= 0.3 is 0 Å². The largest absolute Gasteiger partial charge is 0.376 e. The summed E-state index contributed by atoms with van der Waals surface area (Å²) in [6.07, 6.45) is 4.12. The number of piperidine rings is 1. The number of carbonyl (C=O) groups is 1. The molecule has 2 aliphatic heterocycles. The van der Waals surface area contributed by atoms with E-state index in [1.165, 1.54) is 12.1 Å². The molecule has 0 aromatic heterocycles. The van der Waals surface area contributed by atoms with Gasteiger partial charge in [-0.3, -0.25) is 4.79 Å². The Kier molecular flexibility index (Phi) is 7.46. The van der Waals surface area contributed by atoms with E-state index in [1.54, 1.807) is 6.07 Å². The molecule has 0 aliphatic carbocycles. The van der Waals surface area contributed by atoms with Crippen LogP contribution >= 0.6 is 12.4 Å². The lowest BCUT2D eigenvalue weighted by Gasteiger charge is -2.31. The number of benzene rings is 1. The van der Waals surface area contributed by atoms with E-state index in [2.05, 4.69) is 5.32 Å². The number of halogens is 2. The molecule has 24 heavy (non-hydrogen) atoms. The van der Waals surface area contributed by atoms with Crippen molar-refractivity contribution in [3.8, 4) is 0 Å². The van der Waals surface area contributed by atoms with E-state index in [0.29, 0.717) is 13.1 Å². The molecular formula is C18H26ClFN2O2. The van der Waals surface area contributed by atoms with Gasteiger partial charge in [0.1, 0.15) is 5.82 Å². The zero-order valence-electron chi connectivity index (χ0n) is 13.9. The first-order valence-corrected chi connectivity index (χ1v) is 8.58. The number of ether oxygens (including phenoxy) is 1. The zero-order valence-corrected chi connectivity index (χ0v) is 14.7. The molecule has 2 unspecified atom stereocenters. The smallest absolute Gasteiger partial charge is 0.227 e. The summed E-state index contributed by atoms with van der Waals surface area (Å²) in [4.78, 5) is 14.8. The van der Waals surface area contributed by atoms with E-state index < -0.39 is 0 Å². The normalized spacial score (nSPS) is 23.5. The van der Waals surface area contributed by atoms with Crippen molar-refractivity contribution in [3.05, 3.63) is 35.6 Å². The fourth-order valence-electron chi connectivity index (χ4n) is 3.44. The lowest BCUT2D eigenvalue weighted by molar-refractivity contribution is -0.138. The Balaban J connectivity index is 0.00000208. The number of hydrogen-bond acceptors (Lipinski definition) is 3. The van der Waals surface area contributed by atoms with Crippen molar-refractivity contribution >= 4 is 18.3 Å². The second kappa shape index (κ2) is 9.35. The molecule has 2 saturated heterocycles. The predicted molar refractivity (Wildman–Crippen MR) is 93.6 cm³/mol. The molecule has 0 radical (unpaired) electrons. The van der Waals surface area contributed by atoms with Crippen molar-refractivity contribution in [2.75, 3.05) is 26.2 Å². The minimum absolute atomic E-state index is 0. The van der Waals surface area contributed by atoms with E-state index in [0.717, 1.165) is 50.9 Å². The van der Waals surface area contributed by atoms with Gasteiger partial charge in [0.25, 0.3) is 0 Å². The van der Waals surface area contributed by atoms with Crippen molar-refractivity contribution in [1.82, 2.24) is 10.2 Å². The maximum absolute atomic E-state index is 13.4. The fourth-order valence-corrected chi connectivity index (χ4v) is 3.44. The topological polar surface area (TPSA) is 41.6 Å². The molecule has 3 rings (SSSR count). The molecule has 1 amide bonds. The van der Waals surface area contributed by atoms with Crippen LogP contribution in [0.3, 0.4) is 0 Å². The van der Waals surface area contributed by atoms with Gasteiger partial charge in [-0.2, -0.15) is 0 Å². The highest BCUT2D eigenvalue weighted by molar-refractivity contribution is 5.85. The number of nitrogens with zero attached hydrogens (tertiary/aromatic N) is 1. The first-order valence-electron chi connectivity index (χ1n) is 8.58. The number of rotatable bonds is 5. The van der Waals surface area contributed by atoms with Gasteiger partial charge in [-0.25, -0.2) is 4.39 Å². The first kappa shape index (κ1) is 19.2. The molecular weight excluding hydrogens is 331 g/mol. The maximum atomic E-state index is 13.4. The average Bonchev–Trinajstić information content (AvgIpc) is 3.07. The third-order valence-corrected chi connectivity index (χ3v) is 4.67. The molecule has 1 aromatic rings. The van der Waals surface area contributed by atoms with Crippen molar-refractivity contribution < 1.29 is 13.9 Å². The van der Waals surface area contributed by atoms with Crippen LogP contribution in [-0.2, 0) is 16.1 Å². The van der Waals surface area contributed by atoms with Crippen LogP contribution in [0.15, 0.2) is 24.3 Å². The van der Waals surface area contributed by atoms with Crippen LogP contribution in [0.4, 0.5) is 4.39 Å². The van der Waals surface area contributed by atoms with Crippen LogP contribution in [0, 0.1) is 11.7 Å². The van der Waals surface area contributed by atoms with Crippen LogP contribution in [0.25, 0.3) is 0 Å². The van der Waals surface area contributed by atoms with Crippen LogP contribution in [0.2, 0.25) is 0 Å². The summed E-state index contributed by atoms with van der Waals surface area (Å²) >= 11 is 0. The lowest BCUT2D eigenvalue weighted by atomic mass is 9.97. The van der Waals surface area contributed by atoms with Crippen molar-refractivity contribution in [1.29, 1.82) is 0 Å². The van der Waals surface area contributed by atoms with Crippen LogP contribution < -0.4 is 5.32 Å². The Bertz CT molecular complexity index is 532. The monoisotopic (exact) mass is 356 g/mol. The summed E-state index contributed by atoms with van der Waals surface area (Å²) in [6, 6.07) is 6.51. The second-order valence-corrected chi connectivity index (χ2v) is 6.53. The number of hydrogen-bond donors (Lipinski definition) is 1. The second-order valence-electron chi connectivity index (χ2n) is 6.53. The van der Waals surface area contributed by atoms with Gasteiger partial charge in [-0.05, 0) is 49.9 Å². The Hall–Kier alpha value is -1.17. The quantitative estimate of drug-likeness (QED) is 0.882. The van der Waals surface area contributed by atoms with E-state index >= 15 is 0 Å². The number of nitrogens with one attached hydrogen (secondary N) is 1.